The molecule has 1 aromatic rings. The van der Waals surface area contributed by atoms with Crippen LogP contribution in [0, 0.1) is 5.92 Å². The zero-order valence-corrected chi connectivity index (χ0v) is 16.0. The molecule has 1 saturated carbocycles. The fourth-order valence-electron chi connectivity index (χ4n) is 3.29. The third kappa shape index (κ3) is 5.53. The average Bonchev–Trinajstić information content (AvgIpc) is 3.02. The normalized spacial score (nSPS) is 22.5. The van der Waals surface area contributed by atoms with E-state index in [0.717, 1.165) is 17.6 Å². The quantitative estimate of drug-likeness (QED) is 0.631. The van der Waals surface area contributed by atoms with E-state index in [0.29, 0.717) is 18.5 Å². The van der Waals surface area contributed by atoms with Crippen LogP contribution in [0.15, 0.2) is 15.6 Å². The van der Waals surface area contributed by atoms with Gasteiger partial charge in [-0.25, -0.2) is 4.98 Å². The first-order chi connectivity index (χ1) is 11.4. The standard InChI is InChI=1S/C19H34N4O/c1-6-7-14-8-10-15(11-9-14)23-18(20-5)22-13-17-21-12-16(24-17)19(2,3)4/h12,14-15H,6-11,13H2,1-5H3,(H2,20,22,23). The molecule has 0 amide bonds. The molecule has 1 heterocycles. The number of guanidine groups is 1. The van der Waals surface area contributed by atoms with Gasteiger partial charge in [-0.3, -0.25) is 4.99 Å². The molecule has 0 spiro atoms. The molecule has 0 saturated heterocycles. The smallest absolute Gasteiger partial charge is 0.213 e. The fraction of sp³-hybridized carbons (Fsp3) is 0.789. The lowest BCUT2D eigenvalue weighted by molar-refractivity contribution is 0.294. The van der Waals surface area contributed by atoms with Crippen LogP contribution >= 0.6 is 0 Å². The van der Waals surface area contributed by atoms with E-state index in [-0.39, 0.29) is 5.41 Å². The molecule has 24 heavy (non-hydrogen) atoms. The zero-order chi connectivity index (χ0) is 17.6. The number of aromatic nitrogens is 1. The van der Waals surface area contributed by atoms with Crippen molar-refractivity contribution in [3.8, 4) is 0 Å². The molecule has 1 aromatic heterocycles. The highest BCUT2D eigenvalue weighted by Gasteiger charge is 2.22. The Balaban J connectivity index is 1.78. The molecular weight excluding hydrogens is 300 g/mol. The van der Waals surface area contributed by atoms with E-state index in [2.05, 4.69) is 48.3 Å². The minimum Gasteiger partial charge on any atom is -0.443 e. The summed E-state index contributed by atoms with van der Waals surface area (Å²) in [5, 5.41) is 6.86. The topological polar surface area (TPSA) is 62.5 Å². The van der Waals surface area contributed by atoms with Crippen molar-refractivity contribution in [2.24, 2.45) is 10.9 Å². The van der Waals surface area contributed by atoms with Crippen LogP contribution in [-0.2, 0) is 12.0 Å². The monoisotopic (exact) mass is 334 g/mol. The van der Waals surface area contributed by atoms with Crippen LogP contribution < -0.4 is 10.6 Å². The first-order valence-corrected chi connectivity index (χ1v) is 9.34. The SMILES string of the molecule is CCCC1CCC(NC(=NC)NCc2ncc(C(C)(C)C)o2)CC1. The van der Waals surface area contributed by atoms with Crippen LogP contribution in [-0.4, -0.2) is 24.0 Å². The molecule has 1 fully saturated rings. The lowest BCUT2D eigenvalue weighted by atomic mass is 9.83. The lowest BCUT2D eigenvalue weighted by Crippen LogP contribution is -2.44. The number of aliphatic imine (C=N–C) groups is 1. The van der Waals surface area contributed by atoms with Crippen LogP contribution in [0.3, 0.4) is 0 Å². The summed E-state index contributed by atoms with van der Waals surface area (Å²) in [5.74, 6) is 3.38. The highest BCUT2D eigenvalue weighted by molar-refractivity contribution is 5.79. The van der Waals surface area contributed by atoms with E-state index in [1.165, 1.54) is 38.5 Å². The van der Waals surface area contributed by atoms with E-state index < -0.39 is 0 Å². The number of rotatable bonds is 5. The molecule has 0 aliphatic heterocycles. The van der Waals surface area contributed by atoms with Crippen LogP contribution in [0.25, 0.3) is 0 Å². The van der Waals surface area contributed by atoms with E-state index in [4.69, 9.17) is 4.42 Å². The number of oxazole rings is 1. The molecule has 2 N–H and O–H groups in total. The maximum absolute atomic E-state index is 5.82. The summed E-state index contributed by atoms with van der Waals surface area (Å²) in [6.45, 7) is 9.21. The van der Waals surface area contributed by atoms with Crippen molar-refractivity contribution >= 4 is 5.96 Å². The second-order valence-electron chi connectivity index (χ2n) is 7.94. The summed E-state index contributed by atoms with van der Waals surface area (Å²) >= 11 is 0. The van der Waals surface area contributed by atoms with E-state index in [9.17, 15) is 0 Å². The Labute approximate surface area is 146 Å². The third-order valence-corrected chi connectivity index (χ3v) is 4.81. The largest absolute Gasteiger partial charge is 0.443 e. The summed E-state index contributed by atoms with van der Waals surface area (Å²) in [4.78, 5) is 8.69. The maximum Gasteiger partial charge on any atom is 0.213 e. The van der Waals surface area contributed by atoms with Gasteiger partial charge >= 0.3 is 0 Å². The molecule has 1 aliphatic carbocycles. The molecule has 1 aliphatic rings. The molecular formula is C19H34N4O. The van der Waals surface area contributed by atoms with Crippen molar-refractivity contribution in [2.45, 2.75) is 84.2 Å². The summed E-state index contributed by atoms with van der Waals surface area (Å²) < 4.78 is 5.82. The van der Waals surface area contributed by atoms with Gasteiger partial charge in [-0.05, 0) is 31.6 Å². The van der Waals surface area contributed by atoms with E-state index >= 15 is 0 Å². The minimum atomic E-state index is -0.0116. The maximum atomic E-state index is 5.82. The van der Waals surface area contributed by atoms with Crippen LogP contribution in [0.5, 0.6) is 0 Å². The third-order valence-electron chi connectivity index (χ3n) is 4.81. The van der Waals surface area contributed by atoms with Crippen molar-refractivity contribution in [1.82, 2.24) is 15.6 Å². The molecule has 5 heteroatoms. The van der Waals surface area contributed by atoms with Crippen LogP contribution in [0.1, 0.15) is 77.9 Å². The molecule has 5 nitrogen and oxygen atoms in total. The Hall–Kier alpha value is -1.52. The Morgan fingerprint density at radius 3 is 2.54 bits per heavy atom. The number of hydrogen-bond donors (Lipinski definition) is 2. The summed E-state index contributed by atoms with van der Waals surface area (Å²) in [6, 6.07) is 0.527. The molecule has 0 radical (unpaired) electrons. The van der Waals surface area contributed by atoms with Gasteiger partial charge in [0.1, 0.15) is 5.76 Å². The van der Waals surface area contributed by atoms with Crippen molar-refractivity contribution in [1.29, 1.82) is 0 Å². The fourth-order valence-corrected chi connectivity index (χ4v) is 3.29. The molecule has 2 rings (SSSR count). The number of hydrogen-bond acceptors (Lipinski definition) is 3. The summed E-state index contributed by atoms with van der Waals surface area (Å²) in [5.41, 5.74) is -0.0116. The van der Waals surface area contributed by atoms with Crippen molar-refractivity contribution in [3.05, 3.63) is 17.8 Å². The van der Waals surface area contributed by atoms with E-state index in [1.807, 2.05) is 13.2 Å². The van der Waals surface area contributed by atoms with Gasteiger partial charge in [0.2, 0.25) is 5.89 Å². The lowest BCUT2D eigenvalue weighted by Gasteiger charge is -2.30. The zero-order valence-electron chi connectivity index (χ0n) is 16.0. The van der Waals surface area contributed by atoms with Gasteiger partial charge in [-0.15, -0.1) is 0 Å². The van der Waals surface area contributed by atoms with Gasteiger partial charge in [0.05, 0.1) is 12.7 Å². The first kappa shape index (κ1) is 18.8. The average molecular weight is 335 g/mol. The van der Waals surface area contributed by atoms with E-state index in [1.54, 1.807) is 0 Å². The second kappa shape index (κ2) is 8.54. The highest BCUT2D eigenvalue weighted by atomic mass is 16.4. The molecule has 0 aromatic carbocycles. The van der Waals surface area contributed by atoms with Gasteiger partial charge in [-0.1, -0.05) is 40.5 Å². The predicted octanol–water partition coefficient (Wildman–Crippen LogP) is 4.00. The number of nitrogens with zero attached hydrogens (tertiary/aromatic N) is 2. The van der Waals surface area contributed by atoms with Crippen molar-refractivity contribution < 1.29 is 4.42 Å². The summed E-state index contributed by atoms with van der Waals surface area (Å²) in [7, 11) is 1.81. The Morgan fingerprint density at radius 2 is 2.00 bits per heavy atom. The molecule has 0 atom stereocenters. The Bertz CT molecular complexity index is 522. The van der Waals surface area contributed by atoms with Gasteiger partial charge in [-0.2, -0.15) is 0 Å². The van der Waals surface area contributed by atoms with Crippen molar-refractivity contribution in [3.63, 3.8) is 0 Å². The van der Waals surface area contributed by atoms with Gasteiger partial charge in [0.25, 0.3) is 0 Å². The minimum absolute atomic E-state index is 0.0116. The molecule has 0 bridgehead atoms. The van der Waals surface area contributed by atoms with Crippen LogP contribution in [0.2, 0.25) is 0 Å². The number of nitrogens with one attached hydrogen (secondary N) is 2. The first-order valence-electron chi connectivity index (χ1n) is 9.34. The van der Waals surface area contributed by atoms with Gasteiger partial charge in [0, 0.05) is 18.5 Å². The second-order valence-corrected chi connectivity index (χ2v) is 7.94. The highest BCUT2D eigenvalue weighted by Crippen LogP contribution is 2.27. The van der Waals surface area contributed by atoms with Crippen molar-refractivity contribution in [2.75, 3.05) is 7.05 Å². The Kier molecular flexibility index (Phi) is 6.69. The predicted molar refractivity (Wildman–Crippen MR) is 99.2 cm³/mol. The van der Waals surface area contributed by atoms with Gasteiger partial charge in [0.15, 0.2) is 5.96 Å². The molecule has 136 valence electrons. The van der Waals surface area contributed by atoms with Crippen LogP contribution in [0.4, 0.5) is 0 Å². The van der Waals surface area contributed by atoms with Gasteiger partial charge < -0.3 is 15.1 Å². The molecule has 0 unspecified atom stereocenters. The Morgan fingerprint density at radius 1 is 1.29 bits per heavy atom. The summed E-state index contributed by atoms with van der Waals surface area (Å²) in [6.07, 6.45) is 9.63.